The number of hydrogen-bond acceptors (Lipinski definition) is 4. The molecule has 0 radical (unpaired) electrons. The van der Waals surface area contributed by atoms with Gasteiger partial charge in [-0.05, 0) is 39.3 Å². The normalized spacial score (nSPS) is 10.8. The topological polar surface area (TPSA) is 76.5 Å². The van der Waals surface area contributed by atoms with E-state index in [-0.39, 0.29) is 23.7 Å². The third-order valence-electron chi connectivity index (χ3n) is 3.25. The van der Waals surface area contributed by atoms with Gasteiger partial charge in [-0.1, -0.05) is 0 Å². The summed E-state index contributed by atoms with van der Waals surface area (Å²) in [5.74, 6) is 0. The highest BCUT2D eigenvalue weighted by Gasteiger charge is 2.12. The molecule has 0 saturated carbocycles. The average molecular weight is 271 g/mol. The molecular formula is C14H17N5O. The highest BCUT2D eigenvalue weighted by Crippen LogP contribution is 2.07. The van der Waals surface area contributed by atoms with E-state index in [1.54, 1.807) is 13.8 Å². The molecule has 0 bridgehead atoms. The highest BCUT2D eigenvalue weighted by atomic mass is 16.1. The molecule has 0 atom stereocenters. The fourth-order valence-electron chi connectivity index (χ4n) is 1.91. The SMILES string of the molecule is Cc1nn(Cc2ccn(C(C)C)n2)c(=O)c(C#N)c1C. The van der Waals surface area contributed by atoms with Crippen molar-refractivity contribution in [2.75, 3.05) is 0 Å². The zero-order valence-electron chi connectivity index (χ0n) is 12.1. The van der Waals surface area contributed by atoms with E-state index >= 15 is 0 Å². The molecule has 104 valence electrons. The molecule has 2 rings (SSSR count). The maximum atomic E-state index is 12.2. The highest BCUT2D eigenvalue weighted by molar-refractivity contribution is 5.36. The summed E-state index contributed by atoms with van der Waals surface area (Å²) in [5.41, 5.74) is 1.86. The molecule has 0 unspecified atom stereocenters. The molecule has 0 saturated heterocycles. The molecule has 0 aliphatic rings. The summed E-state index contributed by atoms with van der Waals surface area (Å²) in [5, 5.41) is 17.7. The minimum atomic E-state index is -0.366. The van der Waals surface area contributed by atoms with Gasteiger partial charge in [0.25, 0.3) is 5.56 Å². The van der Waals surface area contributed by atoms with E-state index in [0.717, 1.165) is 5.69 Å². The van der Waals surface area contributed by atoms with E-state index < -0.39 is 0 Å². The van der Waals surface area contributed by atoms with Crippen molar-refractivity contribution in [3.05, 3.63) is 45.1 Å². The molecule has 0 spiro atoms. The molecule has 2 aromatic heterocycles. The Morgan fingerprint density at radius 3 is 2.60 bits per heavy atom. The molecule has 0 fully saturated rings. The zero-order valence-corrected chi connectivity index (χ0v) is 12.1. The Bertz CT molecular complexity index is 733. The lowest BCUT2D eigenvalue weighted by molar-refractivity contribution is 0.517. The van der Waals surface area contributed by atoms with Gasteiger partial charge < -0.3 is 0 Å². The summed E-state index contributed by atoms with van der Waals surface area (Å²) in [6, 6.07) is 4.08. The van der Waals surface area contributed by atoms with Crippen LogP contribution < -0.4 is 5.56 Å². The minimum Gasteiger partial charge on any atom is -0.270 e. The van der Waals surface area contributed by atoms with Gasteiger partial charge in [-0.3, -0.25) is 9.48 Å². The Hall–Kier alpha value is -2.42. The van der Waals surface area contributed by atoms with Crippen molar-refractivity contribution in [2.24, 2.45) is 0 Å². The van der Waals surface area contributed by atoms with Crippen molar-refractivity contribution in [3.8, 4) is 6.07 Å². The third kappa shape index (κ3) is 2.48. The first-order valence-electron chi connectivity index (χ1n) is 6.46. The van der Waals surface area contributed by atoms with Gasteiger partial charge in [0.2, 0.25) is 0 Å². The molecule has 6 heteroatoms. The molecule has 2 aromatic rings. The van der Waals surface area contributed by atoms with Crippen LogP contribution in [0.2, 0.25) is 0 Å². The third-order valence-corrected chi connectivity index (χ3v) is 3.25. The quantitative estimate of drug-likeness (QED) is 0.848. The summed E-state index contributed by atoms with van der Waals surface area (Å²) < 4.78 is 3.13. The number of rotatable bonds is 3. The molecule has 0 N–H and O–H groups in total. The monoisotopic (exact) mass is 271 g/mol. The van der Waals surface area contributed by atoms with Gasteiger partial charge in [-0.15, -0.1) is 0 Å². The first-order valence-corrected chi connectivity index (χ1v) is 6.46. The van der Waals surface area contributed by atoms with Crippen LogP contribution in [-0.2, 0) is 6.54 Å². The molecule has 0 aromatic carbocycles. The molecule has 2 heterocycles. The van der Waals surface area contributed by atoms with Crippen molar-refractivity contribution in [1.82, 2.24) is 19.6 Å². The maximum Gasteiger partial charge on any atom is 0.285 e. The molecule has 6 nitrogen and oxygen atoms in total. The summed E-state index contributed by atoms with van der Waals surface area (Å²) >= 11 is 0. The Kier molecular flexibility index (Phi) is 3.70. The Morgan fingerprint density at radius 1 is 1.35 bits per heavy atom. The fraction of sp³-hybridized carbons (Fsp3) is 0.429. The second kappa shape index (κ2) is 5.29. The molecule has 0 amide bonds. The predicted octanol–water partition coefficient (Wildman–Crippen LogP) is 1.56. The minimum absolute atomic E-state index is 0.154. The van der Waals surface area contributed by atoms with Crippen LogP contribution in [0.4, 0.5) is 0 Å². The second-order valence-electron chi connectivity index (χ2n) is 5.04. The molecule has 0 aliphatic carbocycles. The largest absolute Gasteiger partial charge is 0.285 e. The van der Waals surface area contributed by atoms with Gasteiger partial charge >= 0.3 is 0 Å². The molecular weight excluding hydrogens is 254 g/mol. The van der Waals surface area contributed by atoms with E-state index in [1.165, 1.54) is 4.68 Å². The Morgan fingerprint density at radius 2 is 2.05 bits per heavy atom. The lowest BCUT2D eigenvalue weighted by Crippen LogP contribution is -2.28. The van der Waals surface area contributed by atoms with Crippen molar-refractivity contribution in [3.63, 3.8) is 0 Å². The molecule has 20 heavy (non-hydrogen) atoms. The van der Waals surface area contributed by atoms with Gasteiger partial charge in [0.1, 0.15) is 11.6 Å². The van der Waals surface area contributed by atoms with Crippen molar-refractivity contribution in [2.45, 2.75) is 40.3 Å². The van der Waals surface area contributed by atoms with E-state index in [9.17, 15) is 4.79 Å². The lowest BCUT2D eigenvalue weighted by atomic mass is 10.1. The lowest BCUT2D eigenvalue weighted by Gasteiger charge is -2.08. The maximum absolute atomic E-state index is 12.2. The Labute approximate surface area is 117 Å². The van der Waals surface area contributed by atoms with E-state index in [4.69, 9.17) is 5.26 Å². The van der Waals surface area contributed by atoms with Crippen LogP contribution in [0.3, 0.4) is 0 Å². The zero-order chi connectivity index (χ0) is 14.9. The van der Waals surface area contributed by atoms with Gasteiger partial charge in [0, 0.05) is 12.2 Å². The van der Waals surface area contributed by atoms with Gasteiger partial charge in [-0.2, -0.15) is 15.5 Å². The van der Waals surface area contributed by atoms with Crippen LogP contribution >= 0.6 is 0 Å². The van der Waals surface area contributed by atoms with E-state index in [1.807, 2.05) is 36.9 Å². The van der Waals surface area contributed by atoms with Crippen LogP contribution in [0, 0.1) is 25.2 Å². The van der Waals surface area contributed by atoms with Crippen molar-refractivity contribution < 1.29 is 0 Å². The fourth-order valence-corrected chi connectivity index (χ4v) is 1.91. The van der Waals surface area contributed by atoms with Gasteiger partial charge in [0.05, 0.1) is 17.9 Å². The van der Waals surface area contributed by atoms with Gasteiger partial charge in [0.15, 0.2) is 0 Å². The van der Waals surface area contributed by atoms with E-state index in [0.29, 0.717) is 11.3 Å². The van der Waals surface area contributed by atoms with E-state index in [2.05, 4.69) is 10.2 Å². The number of aromatic nitrogens is 4. The van der Waals surface area contributed by atoms with Crippen LogP contribution in [0.15, 0.2) is 17.1 Å². The van der Waals surface area contributed by atoms with Crippen LogP contribution in [-0.4, -0.2) is 19.6 Å². The summed E-state index contributed by atoms with van der Waals surface area (Å²) in [7, 11) is 0. The Balaban J connectivity index is 2.41. The van der Waals surface area contributed by atoms with Crippen molar-refractivity contribution >= 4 is 0 Å². The summed E-state index contributed by atoms with van der Waals surface area (Å²) in [6.45, 7) is 7.86. The standard InChI is InChI=1S/C14H17N5O/c1-9(2)18-6-5-12(17-18)8-19-14(20)13(7-15)10(3)11(4)16-19/h5-6,9H,8H2,1-4H3. The average Bonchev–Trinajstić information content (AvgIpc) is 2.85. The van der Waals surface area contributed by atoms with Crippen LogP contribution in [0.25, 0.3) is 0 Å². The van der Waals surface area contributed by atoms with Crippen LogP contribution in [0.1, 0.15) is 42.4 Å². The first-order chi connectivity index (χ1) is 9.43. The number of nitrogens with zero attached hydrogens (tertiary/aromatic N) is 5. The smallest absolute Gasteiger partial charge is 0.270 e. The van der Waals surface area contributed by atoms with Crippen molar-refractivity contribution in [1.29, 1.82) is 5.26 Å². The molecule has 0 aliphatic heterocycles. The second-order valence-corrected chi connectivity index (χ2v) is 5.04. The van der Waals surface area contributed by atoms with Crippen LogP contribution in [0.5, 0.6) is 0 Å². The number of aryl methyl sites for hydroxylation is 1. The summed E-state index contributed by atoms with van der Waals surface area (Å²) in [6.07, 6.45) is 1.87. The number of nitriles is 1. The predicted molar refractivity (Wildman–Crippen MR) is 74.4 cm³/mol. The number of hydrogen-bond donors (Lipinski definition) is 0. The van der Waals surface area contributed by atoms with Gasteiger partial charge in [-0.25, -0.2) is 4.68 Å². The first kappa shape index (κ1) is 14.0. The summed E-state index contributed by atoms with van der Waals surface area (Å²) in [4.78, 5) is 12.2.